The number of nitrogens with zero attached hydrogens (tertiary/aromatic N) is 4. The van der Waals surface area contributed by atoms with E-state index in [1.165, 1.54) is 23.5 Å². The Morgan fingerprint density at radius 2 is 1.94 bits per heavy atom. The van der Waals surface area contributed by atoms with Gasteiger partial charge in [-0.15, -0.1) is 0 Å². The van der Waals surface area contributed by atoms with Gasteiger partial charge in [-0.2, -0.15) is 4.31 Å². The first-order valence-electron chi connectivity index (χ1n) is 10.2. The van der Waals surface area contributed by atoms with Crippen molar-refractivity contribution in [3.8, 4) is 5.75 Å². The molecule has 0 saturated carbocycles. The first-order valence-corrected chi connectivity index (χ1v) is 11.7. The molecule has 4 rings (SSSR count). The lowest BCUT2D eigenvalue weighted by atomic mass is 9.98. The number of pyridine rings is 1. The van der Waals surface area contributed by atoms with Crippen molar-refractivity contribution < 1.29 is 17.5 Å². The largest absolute Gasteiger partial charge is 0.494 e. The van der Waals surface area contributed by atoms with Crippen LogP contribution in [0.25, 0.3) is 11.2 Å². The van der Waals surface area contributed by atoms with Gasteiger partial charge in [-0.25, -0.2) is 22.6 Å². The Bertz CT molecular complexity index is 1260. The van der Waals surface area contributed by atoms with Gasteiger partial charge in [-0.1, -0.05) is 0 Å². The number of ether oxygens (including phenoxy) is 1. The Labute approximate surface area is 179 Å². The van der Waals surface area contributed by atoms with E-state index in [4.69, 9.17) is 4.74 Å². The van der Waals surface area contributed by atoms with Crippen molar-refractivity contribution in [3.05, 3.63) is 52.8 Å². The van der Waals surface area contributed by atoms with Crippen LogP contribution < -0.4 is 10.4 Å². The molecule has 1 aliphatic rings. The van der Waals surface area contributed by atoms with Crippen molar-refractivity contribution in [2.75, 3.05) is 20.2 Å². The number of hydrogen-bond acceptors (Lipinski definition) is 5. The van der Waals surface area contributed by atoms with Crippen LogP contribution in [0, 0.1) is 11.7 Å². The predicted molar refractivity (Wildman–Crippen MR) is 114 cm³/mol. The summed E-state index contributed by atoms with van der Waals surface area (Å²) in [6.45, 7) is 3.60. The highest BCUT2D eigenvalue weighted by atomic mass is 32.2. The van der Waals surface area contributed by atoms with Crippen LogP contribution in [0.4, 0.5) is 4.39 Å². The molecule has 1 saturated heterocycles. The van der Waals surface area contributed by atoms with Crippen LogP contribution in [0.3, 0.4) is 0 Å². The molecule has 0 amide bonds. The molecule has 0 N–H and O–H groups in total. The van der Waals surface area contributed by atoms with Gasteiger partial charge in [0, 0.05) is 32.4 Å². The normalized spacial score (nSPS) is 16.1. The Morgan fingerprint density at radius 3 is 2.58 bits per heavy atom. The number of piperidine rings is 1. The minimum Gasteiger partial charge on any atom is -0.494 e. The summed E-state index contributed by atoms with van der Waals surface area (Å²) in [4.78, 5) is 17.1. The summed E-state index contributed by atoms with van der Waals surface area (Å²) in [6.07, 6.45) is 2.88. The molecule has 0 unspecified atom stereocenters. The van der Waals surface area contributed by atoms with E-state index in [1.54, 1.807) is 15.3 Å². The molecule has 3 heterocycles. The number of aromatic nitrogens is 3. The maximum atomic E-state index is 14.0. The van der Waals surface area contributed by atoms with Crippen molar-refractivity contribution in [1.29, 1.82) is 0 Å². The standard InChI is InChI=1S/C21H25FN4O4S/c1-3-25-18-5-4-10-23-20(18)26(21(25)27)14-15-8-11-24(12-9-15)31(28,29)16-6-7-19(30-2)17(22)13-16/h4-7,10,13,15H,3,8-9,11-12,14H2,1-2H3. The molecular weight excluding hydrogens is 423 g/mol. The molecule has 0 spiro atoms. The molecule has 10 heteroatoms. The molecule has 1 aromatic carbocycles. The summed E-state index contributed by atoms with van der Waals surface area (Å²) in [7, 11) is -2.47. The van der Waals surface area contributed by atoms with Gasteiger partial charge < -0.3 is 4.74 Å². The second kappa shape index (κ2) is 8.43. The monoisotopic (exact) mass is 448 g/mol. The van der Waals surface area contributed by atoms with E-state index < -0.39 is 15.8 Å². The number of aryl methyl sites for hydroxylation is 1. The van der Waals surface area contributed by atoms with Gasteiger partial charge in [0.2, 0.25) is 10.0 Å². The fourth-order valence-electron chi connectivity index (χ4n) is 4.16. The Kier molecular flexibility index (Phi) is 5.85. The summed E-state index contributed by atoms with van der Waals surface area (Å²) in [5, 5.41) is 0. The zero-order valence-electron chi connectivity index (χ0n) is 17.5. The molecule has 8 nitrogen and oxygen atoms in total. The zero-order valence-corrected chi connectivity index (χ0v) is 18.3. The molecular formula is C21H25FN4O4S. The van der Waals surface area contributed by atoms with Gasteiger partial charge in [-0.3, -0.25) is 9.13 Å². The first-order chi connectivity index (χ1) is 14.9. The Balaban J connectivity index is 1.50. The minimum atomic E-state index is -3.80. The molecule has 1 fully saturated rings. The third kappa shape index (κ3) is 3.85. The van der Waals surface area contributed by atoms with Crippen molar-refractivity contribution >= 4 is 21.2 Å². The highest BCUT2D eigenvalue weighted by molar-refractivity contribution is 7.89. The number of imidazole rings is 1. The minimum absolute atomic E-state index is 0.00273. The number of rotatable bonds is 6. The summed E-state index contributed by atoms with van der Waals surface area (Å²) in [5.41, 5.74) is 1.36. The molecule has 31 heavy (non-hydrogen) atoms. The highest BCUT2D eigenvalue weighted by Crippen LogP contribution is 2.27. The van der Waals surface area contributed by atoms with E-state index in [9.17, 15) is 17.6 Å². The number of halogens is 1. The van der Waals surface area contributed by atoms with Crippen LogP contribution in [0.2, 0.25) is 0 Å². The van der Waals surface area contributed by atoms with Crippen LogP contribution in [-0.2, 0) is 23.1 Å². The van der Waals surface area contributed by atoms with E-state index >= 15 is 0 Å². The van der Waals surface area contributed by atoms with E-state index in [0.717, 1.165) is 11.6 Å². The van der Waals surface area contributed by atoms with Crippen LogP contribution in [0.1, 0.15) is 19.8 Å². The highest BCUT2D eigenvalue weighted by Gasteiger charge is 2.31. The van der Waals surface area contributed by atoms with Crippen molar-refractivity contribution in [1.82, 2.24) is 18.4 Å². The van der Waals surface area contributed by atoms with E-state index in [2.05, 4.69) is 4.98 Å². The maximum absolute atomic E-state index is 14.0. The molecule has 0 radical (unpaired) electrons. The van der Waals surface area contributed by atoms with E-state index in [-0.39, 0.29) is 22.3 Å². The lowest BCUT2D eigenvalue weighted by Crippen LogP contribution is -2.40. The van der Waals surface area contributed by atoms with Gasteiger partial charge in [0.1, 0.15) is 0 Å². The van der Waals surface area contributed by atoms with Crippen molar-refractivity contribution in [2.24, 2.45) is 5.92 Å². The third-order valence-electron chi connectivity index (χ3n) is 5.87. The average molecular weight is 449 g/mol. The topological polar surface area (TPSA) is 86.4 Å². The second-order valence-electron chi connectivity index (χ2n) is 7.63. The zero-order chi connectivity index (χ0) is 22.2. The number of fused-ring (bicyclic) bond motifs is 1. The van der Waals surface area contributed by atoms with Crippen LogP contribution in [0.5, 0.6) is 5.75 Å². The fraction of sp³-hybridized carbons (Fsp3) is 0.429. The first kappa shape index (κ1) is 21.5. The lowest BCUT2D eigenvalue weighted by Gasteiger charge is -2.31. The summed E-state index contributed by atoms with van der Waals surface area (Å²) in [5.74, 6) is -0.560. The molecule has 1 aliphatic heterocycles. The number of sulfonamides is 1. The van der Waals surface area contributed by atoms with Crippen molar-refractivity contribution in [2.45, 2.75) is 37.8 Å². The van der Waals surface area contributed by atoms with Crippen LogP contribution in [0.15, 0.2) is 46.2 Å². The summed E-state index contributed by atoms with van der Waals surface area (Å²) < 4.78 is 49.5. The van der Waals surface area contributed by atoms with Gasteiger partial charge >= 0.3 is 5.69 Å². The molecule has 166 valence electrons. The van der Waals surface area contributed by atoms with Crippen molar-refractivity contribution in [3.63, 3.8) is 0 Å². The van der Waals surface area contributed by atoms with E-state index in [0.29, 0.717) is 44.7 Å². The molecule has 0 bridgehead atoms. The SMILES string of the molecule is CCn1c(=O)n(CC2CCN(S(=O)(=O)c3ccc(OC)c(F)c3)CC2)c2ncccc21. The summed E-state index contributed by atoms with van der Waals surface area (Å²) in [6, 6.07) is 7.35. The van der Waals surface area contributed by atoms with Crippen LogP contribution in [-0.4, -0.2) is 47.0 Å². The predicted octanol–water partition coefficient (Wildman–Crippen LogP) is 2.47. The average Bonchev–Trinajstić information content (AvgIpc) is 3.04. The lowest BCUT2D eigenvalue weighted by molar-refractivity contribution is 0.252. The quantitative estimate of drug-likeness (QED) is 0.578. The Hall–Kier alpha value is -2.72. The maximum Gasteiger partial charge on any atom is 0.330 e. The fourth-order valence-corrected chi connectivity index (χ4v) is 5.65. The Morgan fingerprint density at radius 1 is 1.19 bits per heavy atom. The van der Waals surface area contributed by atoms with Gasteiger partial charge in [0.15, 0.2) is 17.2 Å². The van der Waals surface area contributed by atoms with Gasteiger partial charge in [-0.05, 0) is 56.0 Å². The summed E-state index contributed by atoms with van der Waals surface area (Å²) >= 11 is 0. The van der Waals surface area contributed by atoms with E-state index in [1.807, 2.05) is 19.1 Å². The molecule has 3 aromatic rings. The van der Waals surface area contributed by atoms with Gasteiger partial charge in [0.25, 0.3) is 0 Å². The number of benzene rings is 1. The number of methoxy groups -OCH3 is 1. The molecule has 0 aliphatic carbocycles. The third-order valence-corrected chi connectivity index (χ3v) is 7.76. The molecule has 0 atom stereocenters. The molecule has 2 aromatic heterocycles. The number of hydrogen-bond donors (Lipinski definition) is 0. The van der Waals surface area contributed by atoms with Gasteiger partial charge in [0.05, 0.1) is 17.5 Å². The van der Waals surface area contributed by atoms with Crippen LogP contribution >= 0.6 is 0 Å². The second-order valence-corrected chi connectivity index (χ2v) is 9.57. The smallest absolute Gasteiger partial charge is 0.330 e.